The van der Waals surface area contributed by atoms with E-state index in [-0.39, 0.29) is 11.9 Å². The van der Waals surface area contributed by atoms with Crippen LogP contribution >= 0.6 is 0 Å². The molecule has 2 aromatic heterocycles. The molecule has 0 aromatic carbocycles. The van der Waals surface area contributed by atoms with E-state index in [1.807, 2.05) is 33.8 Å². The average Bonchev–Trinajstić information content (AvgIpc) is 2.89. The maximum absolute atomic E-state index is 12.9. The Morgan fingerprint density at radius 3 is 2.45 bits per heavy atom. The molecule has 0 spiro atoms. The van der Waals surface area contributed by atoms with E-state index < -0.39 is 0 Å². The minimum absolute atomic E-state index is 0.0850. The van der Waals surface area contributed by atoms with E-state index in [2.05, 4.69) is 41.2 Å². The Balaban J connectivity index is 1.78. The van der Waals surface area contributed by atoms with Gasteiger partial charge in [-0.05, 0) is 64.4 Å². The van der Waals surface area contributed by atoms with Gasteiger partial charge in [-0.1, -0.05) is 27.2 Å². The van der Waals surface area contributed by atoms with Gasteiger partial charge < -0.3 is 5.32 Å². The van der Waals surface area contributed by atoms with Crippen molar-refractivity contribution in [3.63, 3.8) is 0 Å². The molecule has 0 aliphatic heterocycles. The maximum atomic E-state index is 12.9. The van der Waals surface area contributed by atoms with Crippen LogP contribution < -0.4 is 5.32 Å². The third-order valence-electron chi connectivity index (χ3n) is 6.31. The first kappa shape index (κ1) is 21.5. The number of carbonyl (C=O) groups is 1. The lowest BCUT2D eigenvalue weighted by Crippen LogP contribution is -2.46. The van der Waals surface area contributed by atoms with Crippen molar-refractivity contribution < 1.29 is 4.79 Å². The standard InChI is InChI=1S/C23H35N5O/c1-13(2)19-9-8-14(3)10-21(19)26-22(29)12-20-17(6)27-28(18(20)7)23-24-15(4)11-16(5)25-23/h11,13-14,19,21H,8-10,12H2,1-7H3,(H,26,29)/t14-,19+,21-/m0/s1. The minimum atomic E-state index is 0.0850. The Labute approximate surface area is 174 Å². The molecule has 1 aliphatic rings. The number of nitrogens with one attached hydrogen (secondary N) is 1. The van der Waals surface area contributed by atoms with Crippen LogP contribution in [-0.4, -0.2) is 31.7 Å². The van der Waals surface area contributed by atoms with Gasteiger partial charge in [0.1, 0.15) is 0 Å². The summed E-state index contributed by atoms with van der Waals surface area (Å²) in [6.07, 6.45) is 3.88. The summed E-state index contributed by atoms with van der Waals surface area (Å²) in [7, 11) is 0. The molecular formula is C23H35N5O. The molecule has 6 heteroatoms. The van der Waals surface area contributed by atoms with E-state index in [9.17, 15) is 4.79 Å². The quantitative estimate of drug-likeness (QED) is 0.827. The number of aromatic nitrogens is 4. The molecule has 0 bridgehead atoms. The van der Waals surface area contributed by atoms with Crippen LogP contribution in [0.2, 0.25) is 0 Å². The highest BCUT2D eigenvalue weighted by atomic mass is 16.1. The van der Waals surface area contributed by atoms with Gasteiger partial charge in [0, 0.05) is 28.7 Å². The highest BCUT2D eigenvalue weighted by molar-refractivity contribution is 5.79. The zero-order valence-corrected chi connectivity index (χ0v) is 18.9. The molecular weight excluding hydrogens is 362 g/mol. The van der Waals surface area contributed by atoms with Crippen LogP contribution in [0.5, 0.6) is 0 Å². The van der Waals surface area contributed by atoms with E-state index in [4.69, 9.17) is 0 Å². The van der Waals surface area contributed by atoms with Gasteiger partial charge >= 0.3 is 0 Å². The second-order valence-corrected chi connectivity index (χ2v) is 9.19. The number of rotatable bonds is 5. The first-order chi connectivity index (χ1) is 13.7. The molecule has 3 atom stereocenters. The predicted octanol–water partition coefficient (Wildman–Crippen LogP) is 4.02. The topological polar surface area (TPSA) is 72.7 Å². The van der Waals surface area contributed by atoms with Crippen molar-refractivity contribution in [2.24, 2.45) is 17.8 Å². The van der Waals surface area contributed by atoms with Crippen molar-refractivity contribution in [1.29, 1.82) is 0 Å². The first-order valence-corrected chi connectivity index (χ1v) is 10.8. The summed E-state index contributed by atoms with van der Waals surface area (Å²) in [5, 5.41) is 7.97. The summed E-state index contributed by atoms with van der Waals surface area (Å²) >= 11 is 0. The molecule has 0 saturated heterocycles. The van der Waals surface area contributed by atoms with Gasteiger partial charge in [0.2, 0.25) is 5.91 Å². The van der Waals surface area contributed by atoms with Crippen LogP contribution in [0, 0.1) is 45.4 Å². The van der Waals surface area contributed by atoms with Crippen LogP contribution in [0.3, 0.4) is 0 Å². The normalized spacial score (nSPS) is 22.1. The number of hydrogen-bond acceptors (Lipinski definition) is 4. The SMILES string of the molecule is Cc1cc(C)nc(-n2nc(C)c(CC(=O)N[C@H]3C[C@@H](C)CC[C@@H]3C(C)C)c2C)n1. The summed E-state index contributed by atoms with van der Waals surface area (Å²) in [4.78, 5) is 22.0. The van der Waals surface area contributed by atoms with E-state index >= 15 is 0 Å². The Hall–Kier alpha value is -2.24. The van der Waals surface area contributed by atoms with Gasteiger partial charge in [-0.25, -0.2) is 14.6 Å². The third-order valence-corrected chi connectivity index (χ3v) is 6.31. The van der Waals surface area contributed by atoms with E-state index in [0.29, 0.717) is 30.1 Å². The Kier molecular flexibility index (Phi) is 6.39. The van der Waals surface area contributed by atoms with Crippen molar-refractivity contribution >= 4 is 5.91 Å². The van der Waals surface area contributed by atoms with Crippen LogP contribution in [0.15, 0.2) is 6.07 Å². The second-order valence-electron chi connectivity index (χ2n) is 9.19. The van der Waals surface area contributed by atoms with Gasteiger partial charge in [0.15, 0.2) is 0 Å². The summed E-state index contributed by atoms with van der Waals surface area (Å²) in [6, 6.07) is 2.21. The summed E-state index contributed by atoms with van der Waals surface area (Å²) < 4.78 is 1.76. The lowest BCUT2D eigenvalue weighted by Gasteiger charge is -2.37. The fourth-order valence-corrected chi connectivity index (χ4v) is 4.71. The lowest BCUT2D eigenvalue weighted by atomic mass is 9.74. The minimum Gasteiger partial charge on any atom is -0.353 e. The van der Waals surface area contributed by atoms with E-state index in [0.717, 1.165) is 34.8 Å². The smallest absolute Gasteiger partial charge is 0.251 e. The predicted molar refractivity (Wildman–Crippen MR) is 115 cm³/mol. The fourth-order valence-electron chi connectivity index (χ4n) is 4.71. The van der Waals surface area contributed by atoms with Crippen molar-refractivity contribution in [3.8, 4) is 5.95 Å². The molecule has 2 heterocycles. The molecule has 6 nitrogen and oxygen atoms in total. The van der Waals surface area contributed by atoms with Crippen molar-refractivity contribution in [3.05, 3.63) is 34.4 Å². The first-order valence-electron chi connectivity index (χ1n) is 10.8. The number of nitrogens with zero attached hydrogens (tertiary/aromatic N) is 4. The largest absolute Gasteiger partial charge is 0.353 e. The Morgan fingerprint density at radius 1 is 1.17 bits per heavy atom. The lowest BCUT2D eigenvalue weighted by molar-refractivity contribution is -0.122. The third kappa shape index (κ3) is 4.85. The maximum Gasteiger partial charge on any atom is 0.251 e. The van der Waals surface area contributed by atoms with Crippen LogP contribution in [0.25, 0.3) is 5.95 Å². The summed E-state index contributed by atoms with van der Waals surface area (Å²) in [6.45, 7) is 14.7. The van der Waals surface area contributed by atoms with Crippen LogP contribution in [-0.2, 0) is 11.2 Å². The number of carbonyl (C=O) groups excluding carboxylic acids is 1. The molecule has 3 rings (SSSR count). The number of aryl methyl sites for hydroxylation is 3. The Bertz CT molecular complexity index is 865. The van der Waals surface area contributed by atoms with Gasteiger partial charge in [-0.15, -0.1) is 0 Å². The molecule has 158 valence electrons. The number of amides is 1. The van der Waals surface area contributed by atoms with Crippen molar-refractivity contribution in [2.45, 2.75) is 80.2 Å². The fraction of sp³-hybridized carbons (Fsp3) is 0.652. The average molecular weight is 398 g/mol. The zero-order chi connectivity index (χ0) is 21.3. The number of hydrogen-bond donors (Lipinski definition) is 1. The second kappa shape index (κ2) is 8.64. The molecule has 29 heavy (non-hydrogen) atoms. The summed E-state index contributed by atoms with van der Waals surface area (Å²) in [5.41, 5.74) is 4.57. The molecule has 2 aromatic rings. The molecule has 0 radical (unpaired) electrons. The zero-order valence-electron chi connectivity index (χ0n) is 18.9. The van der Waals surface area contributed by atoms with E-state index in [1.165, 1.54) is 12.8 Å². The van der Waals surface area contributed by atoms with Gasteiger partial charge in [-0.3, -0.25) is 4.79 Å². The molecule has 1 aliphatic carbocycles. The van der Waals surface area contributed by atoms with Gasteiger partial charge in [0.05, 0.1) is 12.1 Å². The highest BCUT2D eigenvalue weighted by Crippen LogP contribution is 2.33. The monoisotopic (exact) mass is 397 g/mol. The molecule has 1 saturated carbocycles. The Morgan fingerprint density at radius 2 is 1.83 bits per heavy atom. The molecule has 1 fully saturated rings. The summed E-state index contributed by atoms with van der Waals surface area (Å²) in [5.74, 6) is 2.46. The van der Waals surface area contributed by atoms with Crippen LogP contribution in [0.1, 0.15) is 68.4 Å². The van der Waals surface area contributed by atoms with Gasteiger partial charge in [-0.2, -0.15) is 5.10 Å². The van der Waals surface area contributed by atoms with Crippen molar-refractivity contribution in [1.82, 2.24) is 25.1 Å². The van der Waals surface area contributed by atoms with Crippen LogP contribution in [0.4, 0.5) is 0 Å². The highest BCUT2D eigenvalue weighted by Gasteiger charge is 2.32. The van der Waals surface area contributed by atoms with E-state index in [1.54, 1.807) is 4.68 Å². The molecule has 1 N–H and O–H groups in total. The van der Waals surface area contributed by atoms with Gasteiger partial charge in [0.25, 0.3) is 5.95 Å². The van der Waals surface area contributed by atoms with Crippen molar-refractivity contribution in [2.75, 3.05) is 0 Å². The molecule has 0 unspecified atom stereocenters. The molecule has 1 amide bonds.